The lowest BCUT2D eigenvalue weighted by molar-refractivity contribution is -0.140. The molecule has 0 bridgehead atoms. The van der Waals surface area contributed by atoms with Gasteiger partial charge in [-0.15, -0.1) is 0 Å². The number of carbonyl (C=O) groups is 1. The van der Waals surface area contributed by atoms with Crippen molar-refractivity contribution in [3.63, 3.8) is 0 Å². The number of carbonyl (C=O) groups excluding carboxylic acids is 1. The summed E-state index contributed by atoms with van der Waals surface area (Å²) in [5.74, 6) is 0.192. The molecular formula is C35H29F4N3O4. The normalized spacial score (nSPS) is 11.4. The van der Waals surface area contributed by atoms with E-state index in [0.717, 1.165) is 51.3 Å². The fourth-order valence-corrected chi connectivity index (χ4v) is 5.25. The number of aryl methyl sites for hydroxylation is 1. The molecule has 2 N–H and O–H groups in total. The van der Waals surface area contributed by atoms with Crippen molar-refractivity contribution in [1.29, 1.82) is 0 Å². The predicted molar refractivity (Wildman–Crippen MR) is 168 cm³/mol. The van der Waals surface area contributed by atoms with E-state index in [0.29, 0.717) is 28.4 Å². The number of nitrogen functional groups attached to an aromatic ring is 1. The largest absolute Gasteiger partial charge is 0.493 e. The third kappa shape index (κ3) is 6.93. The van der Waals surface area contributed by atoms with E-state index < -0.39 is 35.3 Å². The van der Waals surface area contributed by atoms with Gasteiger partial charge in [-0.3, -0.25) is 9.59 Å². The lowest BCUT2D eigenvalue weighted by Gasteiger charge is -2.15. The molecule has 2 aromatic heterocycles. The maximum atomic E-state index is 13.5. The minimum absolute atomic E-state index is 0.140. The Balaban J connectivity index is 1.46. The summed E-state index contributed by atoms with van der Waals surface area (Å²) in [6.07, 6.45) is -1.26. The summed E-state index contributed by atoms with van der Waals surface area (Å²) >= 11 is 0. The lowest BCUT2D eigenvalue weighted by atomic mass is 9.94. The SMILES string of the molecule is COc1ccc(-c2cnc(N)c(-c3ccc(CC(=O)c4cn(CC(F)(F)F)cc(-c5ccc(F)cc5)c4=O)cc3C)c2)cc1OC. The standard InChI is InChI=1S/C35H29F4N3O4/c1-20-12-21(4-10-26(20)27-14-24(16-41-34(27)40)23-7-11-31(45-2)32(15-23)46-3)13-30(43)29-18-42(19-35(37,38)39)17-28(33(29)44)22-5-8-25(36)9-6-22/h4-12,14-18H,13,19H2,1-3H3,(H2,40,41). The fraction of sp³-hybridized carbons (Fsp3) is 0.171. The Hall–Kier alpha value is -5.45. The highest BCUT2D eigenvalue weighted by atomic mass is 19.4. The topological polar surface area (TPSA) is 96.4 Å². The van der Waals surface area contributed by atoms with Crippen molar-refractivity contribution in [3.8, 4) is 44.9 Å². The number of anilines is 1. The molecule has 0 spiro atoms. The molecule has 0 aliphatic heterocycles. The summed E-state index contributed by atoms with van der Waals surface area (Å²) in [6, 6.07) is 17.3. The second-order valence-electron chi connectivity index (χ2n) is 10.7. The second kappa shape index (κ2) is 12.9. The third-order valence-electron chi connectivity index (χ3n) is 7.48. The zero-order valence-electron chi connectivity index (χ0n) is 25.1. The van der Waals surface area contributed by atoms with E-state index in [2.05, 4.69) is 4.98 Å². The van der Waals surface area contributed by atoms with Gasteiger partial charge in [0.2, 0.25) is 0 Å². The van der Waals surface area contributed by atoms with Gasteiger partial charge < -0.3 is 19.8 Å². The van der Waals surface area contributed by atoms with Crippen LogP contribution >= 0.6 is 0 Å². The number of methoxy groups -OCH3 is 2. The lowest BCUT2D eigenvalue weighted by Crippen LogP contribution is -2.25. The van der Waals surface area contributed by atoms with Crippen LogP contribution in [0.2, 0.25) is 0 Å². The van der Waals surface area contributed by atoms with Crippen molar-refractivity contribution in [2.45, 2.75) is 26.1 Å². The average molecular weight is 632 g/mol. The molecule has 3 aromatic carbocycles. The number of nitrogens with two attached hydrogens (primary N) is 1. The van der Waals surface area contributed by atoms with E-state index in [9.17, 15) is 27.2 Å². The molecule has 0 aliphatic rings. The quantitative estimate of drug-likeness (QED) is 0.136. The number of ether oxygens (including phenoxy) is 2. The van der Waals surface area contributed by atoms with Crippen LogP contribution in [0, 0.1) is 12.7 Å². The van der Waals surface area contributed by atoms with Crippen LogP contribution in [0.1, 0.15) is 21.5 Å². The van der Waals surface area contributed by atoms with E-state index in [-0.39, 0.29) is 17.5 Å². The molecule has 0 aliphatic carbocycles. The average Bonchev–Trinajstić information content (AvgIpc) is 3.01. The molecule has 2 heterocycles. The minimum Gasteiger partial charge on any atom is -0.493 e. The Labute approximate surface area is 261 Å². The van der Waals surface area contributed by atoms with Gasteiger partial charge in [-0.25, -0.2) is 9.37 Å². The number of aromatic nitrogens is 2. The zero-order valence-corrected chi connectivity index (χ0v) is 25.1. The van der Waals surface area contributed by atoms with Crippen LogP contribution in [0.5, 0.6) is 11.5 Å². The first-order valence-corrected chi connectivity index (χ1v) is 14.0. The van der Waals surface area contributed by atoms with E-state index in [1.165, 1.54) is 12.1 Å². The van der Waals surface area contributed by atoms with E-state index in [1.54, 1.807) is 44.7 Å². The number of halogens is 4. The van der Waals surface area contributed by atoms with Crippen molar-refractivity contribution < 1.29 is 31.8 Å². The smallest absolute Gasteiger partial charge is 0.406 e. The van der Waals surface area contributed by atoms with Crippen LogP contribution in [-0.2, 0) is 13.0 Å². The van der Waals surface area contributed by atoms with Gasteiger partial charge in [0.05, 0.1) is 19.8 Å². The van der Waals surface area contributed by atoms with Gasteiger partial charge in [-0.05, 0) is 65.1 Å². The third-order valence-corrected chi connectivity index (χ3v) is 7.48. The van der Waals surface area contributed by atoms with Crippen molar-refractivity contribution in [2.75, 3.05) is 20.0 Å². The molecule has 0 radical (unpaired) electrons. The van der Waals surface area contributed by atoms with E-state index >= 15 is 0 Å². The number of ketones is 1. The Morgan fingerprint density at radius 1 is 0.848 bits per heavy atom. The Morgan fingerprint density at radius 3 is 2.20 bits per heavy atom. The van der Waals surface area contributed by atoms with Crippen molar-refractivity contribution >= 4 is 11.6 Å². The van der Waals surface area contributed by atoms with E-state index in [4.69, 9.17) is 15.2 Å². The number of Topliss-reactive ketones (excluding diaryl/α,β-unsaturated/α-hetero) is 1. The molecule has 0 atom stereocenters. The van der Waals surface area contributed by atoms with Crippen LogP contribution in [0.15, 0.2) is 90.1 Å². The van der Waals surface area contributed by atoms with Gasteiger partial charge in [0, 0.05) is 41.7 Å². The zero-order chi connectivity index (χ0) is 33.2. The molecule has 5 aromatic rings. The van der Waals surface area contributed by atoms with Gasteiger partial charge >= 0.3 is 6.18 Å². The molecule has 0 saturated heterocycles. The molecule has 46 heavy (non-hydrogen) atoms. The summed E-state index contributed by atoms with van der Waals surface area (Å²) in [7, 11) is 3.10. The summed E-state index contributed by atoms with van der Waals surface area (Å²) in [5.41, 5.74) is 9.50. The number of rotatable bonds is 9. The van der Waals surface area contributed by atoms with Crippen LogP contribution in [0.3, 0.4) is 0 Å². The molecule has 236 valence electrons. The Bertz CT molecular complexity index is 1990. The number of benzene rings is 3. The summed E-state index contributed by atoms with van der Waals surface area (Å²) < 4.78 is 64.9. The van der Waals surface area contributed by atoms with Gasteiger partial charge in [-0.1, -0.05) is 36.4 Å². The molecule has 11 heteroatoms. The highest BCUT2D eigenvalue weighted by Crippen LogP contribution is 2.36. The van der Waals surface area contributed by atoms with Gasteiger partial charge in [0.25, 0.3) is 0 Å². The van der Waals surface area contributed by atoms with Crippen LogP contribution in [0.25, 0.3) is 33.4 Å². The van der Waals surface area contributed by atoms with Crippen LogP contribution in [-0.4, -0.2) is 35.7 Å². The summed E-state index contributed by atoms with van der Waals surface area (Å²) in [4.78, 5) is 31.1. The maximum Gasteiger partial charge on any atom is 0.406 e. The number of hydrogen-bond acceptors (Lipinski definition) is 6. The molecule has 5 rings (SSSR count). The molecule has 0 unspecified atom stereocenters. The number of hydrogen-bond donors (Lipinski definition) is 1. The van der Waals surface area contributed by atoms with Crippen LogP contribution in [0.4, 0.5) is 23.4 Å². The summed E-state index contributed by atoms with van der Waals surface area (Å²) in [6.45, 7) is 0.421. The Kier molecular flexibility index (Phi) is 8.95. The van der Waals surface area contributed by atoms with Crippen LogP contribution < -0.4 is 20.6 Å². The predicted octanol–water partition coefficient (Wildman–Crippen LogP) is 7.28. The van der Waals surface area contributed by atoms with Crippen molar-refractivity contribution in [2.24, 2.45) is 0 Å². The fourth-order valence-electron chi connectivity index (χ4n) is 5.25. The van der Waals surface area contributed by atoms with Gasteiger partial charge in [-0.2, -0.15) is 13.2 Å². The molecule has 0 saturated carbocycles. The first-order valence-electron chi connectivity index (χ1n) is 14.0. The van der Waals surface area contributed by atoms with E-state index in [1.807, 2.05) is 25.1 Å². The Morgan fingerprint density at radius 2 is 1.54 bits per heavy atom. The van der Waals surface area contributed by atoms with Crippen molar-refractivity contribution in [3.05, 3.63) is 118 Å². The maximum absolute atomic E-state index is 13.5. The van der Waals surface area contributed by atoms with Gasteiger partial charge in [0.15, 0.2) is 22.7 Å². The second-order valence-corrected chi connectivity index (χ2v) is 10.7. The van der Waals surface area contributed by atoms with Gasteiger partial charge in [0.1, 0.15) is 18.2 Å². The summed E-state index contributed by atoms with van der Waals surface area (Å²) in [5, 5.41) is 0. The molecule has 0 amide bonds. The highest BCUT2D eigenvalue weighted by Gasteiger charge is 2.29. The van der Waals surface area contributed by atoms with Crippen molar-refractivity contribution in [1.82, 2.24) is 9.55 Å². The molecule has 7 nitrogen and oxygen atoms in total. The highest BCUT2D eigenvalue weighted by molar-refractivity contribution is 5.98. The molecular weight excluding hydrogens is 602 g/mol. The monoisotopic (exact) mass is 631 g/mol. The number of alkyl halides is 3. The first-order chi connectivity index (χ1) is 21.9. The molecule has 0 fully saturated rings. The first kappa shape index (κ1) is 32.0. The number of pyridine rings is 2. The minimum atomic E-state index is -4.60. The number of nitrogens with zero attached hydrogens (tertiary/aromatic N) is 2.